The van der Waals surface area contributed by atoms with Gasteiger partial charge in [-0.1, -0.05) is 30.3 Å². The smallest absolute Gasteiger partial charge is 0.387 e. The maximum absolute atomic E-state index is 12.7. The summed E-state index contributed by atoms with van der Waals surface area (Å²) in [4.78, 5) is 28.2. The number of aryl methyl sites for hydroxylation is 1. The van der Waals surface area contributed by atoms with E-state index in [1.54, 1.807) is 38.1 Å². The molecule has 1 atom stereocenters. The van der Waals surface area contributed by atoms with Crippen LogP contribution in [0.5, 0.6) is 5.75 Å². The maximum atomic E-state index is 12.7. The summed E-state index contributed by atoms with van der Waals surface area (Å²) in [6.07, 6.45) is 0. The largest absolute Gasteiger partial charge is 0.435 e. The predicted molar refractivity (Wildman–Crippen MR) is 97.0 cm³/mol. The molecular weight excluding hydrogens is 354 g/mol. The Balaban J connectivity index is 1.78. The molecule has 1 heterocycles. The zero-order valence-corrected chi connectivity index (χ0v) is 14.8. The number of para-hydroxylation sites is 1. The Hall–Kier alpha value is -3.22. The lowest BCUT2D eigenvalue weighted by Gasteiger charge is -2.15. The third-order valence-electron chi connectivity index (χ3n) is 4.26. The van der Waals surface area contributed by atoms with Crippen molar-refractivity contribution in [3.05, 3.63) is 65.4 Å². The molecule has 1 aromatic heterocycles. The quantitative estimate of drug-likeness (QED) is 0.505. The van der Waals surface area contributed by atoms with Crippen LogP contribution in [-0.2, 0) is 4.79 Å². The first-order valence-corrected chi connectivity index (χ1v) is 8.34. The summed E-state index contributed by atoms with van der Waals surface area (Å²) < 4.78 is 29.1. The molecule has 1 unspecified atom stereocenters. The molecule has 3 rings (SSSR count). The molecule has 7 heteroatoms. The minimum Gasteiger partial charge on any atom is -0.435 e. The Morgan fingerprint density at radius 1 is 1.11 bits per heavy atom. The van der Waals surface area contributed by atoms with Crippen LogP contribution in [-0.4, -0.2) is 23.3 Å². The van der Waals surface area contributed by atoms with Crippen molar-refractivity contribution < 1.29 is 23.1 Å². The highest BCUT2D eigenvalue weighted by molar-refractivity contribution is 6.45. The van der Waals surface area contributed by atoms with Crippen LogP contribution in [0.1, 0.15) is 34.6 Å². The molecule has 0 fully saturated rings. The Labute approximate surface area is 154 Å². The molecule has 5 nitrogen and oxygen atoms in total. The number of nitrogens with one attached hydrogen (secondary N) is 2. The third kappa shape index (κ3) is 3.97. The molecule has 3 aromatic rings. The van der Waals surface area contributed by atoms with Gasteiger partial charge < -0.3 is 15.0 Å². The van der Waals surface area contributed by atoms with Gasteiger partial charge in [0.1, 0.15) is 5.75 Å². The number of hydrogen-bond acceptors (Lipinski definition) is 3. The number of ketones is 1. The normalized spacial score (nSPS) is 12.2. The van der Waals surface area contributed by atoms with Crippen LogP contribution in [0.3, 0.4) is 0 Å². The van der Waals surface area contributed by atoms with Gasteiger partial charge in [-0.15, -0.1) is 0 Å². The highest BCUT2D eigenvalue weighted by Crippen LogP contribution is 2.24. The Morgan fingerprint density at radius 3 is 2.59 bits per heavy atom. The third-order valence-corrected chi connectivity index (χ3v) is 4.26. The number of alkyl halides is 2. The minimum absolute atomic E-state index is 0.0117. The Kier molecular flexibility index (Phi) is 5.21. The Bertz CT molecular complexity index is 998. The molecule has 2 N–H and O–H groups in total. The van der Waals surface area contributed by atoms with Gasteiger partial charge in [-0.2, -0.15) is 8.78 Å². The van der Waals surface area contributed by atoms with Crippen molar-refractivity contribution in [3.8, 4) is 5.75 Å². The van der Waals surface area contributed by atoms with Crippen molar-refractivity contribution >= 4 is 22.6 Å². The number of aromatic amines is 1. The lowest BCUT2D eigenvalue weighted by Crippen LogP contribution is -2.33. The van der Waals surface area contributed by atoms with E-state index in [0.29, 0.717) is 22.2 Å². The summed E-state index contributed by atoms with van der Waals surface area (Å²) in [5.74, 6) is -1.44. The SMILES string of the molecule is Cc1[nH]c2ccccc2c1C(=O)C(=O)NC(C)c1cccc(OC(F)F)c1. The molecule has 0 saturated carbocycles. The topological polar surface area (TPSA) is 71.2 Å². The van der Waals surface area contributed by atoms with Gasteiger partial charge in [0.05, 0.1) is 11.6 Å². The fourth-order valence-corrected chi connectivity index (χ4v) is 2.99. The number of hydrogen-bond donors (Lipinski definition) is 2. The molecule has 1 amide bonds. The fourth-order valence-electron chi connectivity index (χ4n) is 2.99. The number of aromatic nitrogens is 1. The molecule has 0 radical (unpaired) electrons. The number of Topliss-reactive ketones (excluding diaryl/α,β-unsaturated/α-hetero) is 1. The standard InChI is InChI=1S/C20H18F2N2O3/c1-11(13-6-5-7-14(10-13)27-20(21)22)24-19(26)18(25)17-12(2)23-16-9-4-3-8-15(16)17/h3-11,20,23H,1-2H3,(H,24,26). The lowest BCUT2D eigenvalue weighted by molar-refractivity contribution is -0.117. The van der Waals surface area contributed by atoms with Gasteiger partial charge in [0.25, 0.3) is 11.7 Å². The molecule has 0 saturated heterocycles. The van der Waals surface area contributed by atoms with Crippen LogP contribution >= 0.6 is 0 Å². The van der Waals surface area contributed by atoms with E-state index in [4.69, 9.17) is 0 Å². The van der Waals surface area contributed by atoms with Crippen LogP contribution in [0.2, 0.25) is 0 Å². The van der Waals surface area contributed by atoms with Crippen molar-refractivity contribution in [3.63, 3.8) is 0 Å². The summed E-state index contributed by atoms with van der Waals surface area (Å²) in [6.45, 7) is 0.459. The van der Waals surface area contributed by atoms with Crippen molar-refractivity contribution in [2.45, 2.75) is 26.5 Å². The van der Waals surface area contributed by atoms with E-state index in [9.17, 15) is 18.4 Å². The highest BCUT2D eigenvalue weighted by atomic mass is 19.3. The average molecular weight is 372 g/mol. The first-order valence-electron chi connectivity index (χ1n) is 8.34. The predicted octanol–water partition coefficient (Wildman–Crippen LogP) is 4.14. The molecule has 0 aliphatic rings. The number of fused-ring (bicyclic) bond motifs is 1. The number of rotatable bonds is 6. The molecule has 0 spiro atoms. The van der Waals surface area contributed by atoms with Crippen molar-refractivity contribution in [2.75, 3.05) is 0 Å². The van der Waals surface area contributed by atoms with Gasteiger partial charge in [-0.25, -0.2) is 0 Å². The Morgan fingerprint density at radius 2 is 1.85 bits per heavy atom. The van der Waals surface area contributed by atoms with E-state index in [-0.39, 0.29) is 5.75 Å². The van der Waals surface area contributed by atoms with Gasteiger partial charge in [-0.3, -0.25) is 9.59 Å². The van der Waals surface area contributed by atoms with E-state index >= 15 is 0 Å². The molecule has 27 heavy (non-hydrogen) atoms. The summed E-state index contributed by atoms with van der Waals surface area (Å²) >= 11 is 0. The van der Waals surface area contributed by atoms with Crippen molar-refractivity contribution in [2.24, 2.45) is 0 Å². The van der Waals surface area contributed by atoms with Crippen LogP contribution in [0, 0.1) is 6.92 Å². The second-order valence-corrected chi connectivity index (χ2v) is 6.15. The number of carbonyl (C=O) groups excluding carboxylic acids is 2. The second-order valence-electron chi connectivity index (χ2n) is 6.15. The summed E-state index contributed by atoms with van der Waals surface area (Å²) in [5, 5.41) is 3.29. The second kappa shape index (κ2) is 7.57. The number of benzene rings is 2. The maximum Gasteiger partial charge on any atom is 0.387 e. The average Bonchev–Trinajstić information content (AvgIpc) is 2.96. The van der Waals surface area contributed by atoms with Crippen LogP contribution in [0.25, 0.3) is 10.9 Å². The van der Waals surface area contributed by atoms with Crippen molar-refractivity contribution in [1.29, 1.82) is 0 Å². The van der Waals surface area contributed by atoms with Gasteiger partial charge >= 0.3 is 6.61 Å². The van der Waals surface area contributed by atoms with E-state index < -0.39 is 24.3 Å². The number of ether oxygens (including phenoxy) is 1. The first kappa shape index (κ1) is 18.6. The monoisotopic (exact) mass is 372 g/mol. The van der Waals surface area contributed by atoms with Gasteiger partial charge in [0, 0.05) is 16.6 Å². The first-order chi connectivity index (χ1) is 12.9. The van der Waals surface area contributed by atoms with Gasteiger partial charge in [0.2, 0.25) is 0 Å². The van der Waals surface area contributed by atoms with E-state index in [1.165, 1.54) is 12.1 Å². The van der Waals surface area contributed by atoms with Crippen LogP contribution in [0.4, 0.5) is 8.78 Å². The van der Waals surface area contributed by atoms with Gasteiger partial charge in [-0.05, 0) is 37.6 Å². The summed E-state index contributed by atoms with van der Waals surface area (Å²) in [6, 6.07) is 12.7. The molecule has 0 aliphatic carbocycles. The molecular formula is C20H18F2N2O3. The van der Waals surface area contributed by atoms with Crippen LogP contribution < -0.4 is 10.1 Å². The minimum atomic E-state index is -2.93. The van der Waals surface area contributed by atoms with Crippen LogP contribution in [0.15, 0.2) is 48.5 Å². The highest BCUT2D eigenvalue weighted by Gasteiger charge is 2.24. The fraction of sp³-hybridized carbons (Fsp3) is 0.200. The van der Waals surface area contributed by atoms with Crippen molar-refractivity contribution in [1.82, 2.24) is 10.3 Å². The molecule has 0 bridgehead atoms. The number of H-pyrrole nitrogens is 1. The zero-order chi connectivity index (χ0) is 19.6. The lowest BCUT2D eigenvalue weighted by atomic mass is 10.0. The number of carbonyl (C=O) groups is 2. The molecule has 140 valence electrons. The van der Waals surface area contributed by atoms with Gasteiger partial charge in [0.15, 0.2) is 0 Å². The summed E-state index contributed by atoms with van der Waals surface area (Å²) in [7, 11) is 0. The van der Waals surface area contributed by atoms with E-state index in [1.807, 2.05) is 12.1 Å². The molecule has 0 aliphatic heterocycles. The number of amides is 1. The van der Waals surface area contributed by atoms with E-state index in [2.05, 4.69) is 15.0 Å². The van der Waals surface area contributed by atoms with E-state index in [0.717, 1.165) is 5.52 Å². The zero-order valence-electron chi connectivity index (χ0n) is 14.8. The summed E-state index contributed by atoms with van der Waals surface area (Å²) in [5.41, 5.74) is 2.25. The number of halogens is 2. The molecule has 2 aromatic carbocycles.